The van der Waals surface area contributed by atoms with Gasteiger partial charge in [-0.2, -0.15) is 11.8 Å². The van der Waals surface area contributed by atoms with E-state index in [1.54, 1.807) is 11.8 Å². The van der Waals surface area contributed by atoms with Crippen LogP contribution in [0.5, 0.6) is 0 Å². The molecule has 0 saturated carbocycles. The van der Waals surface area contributed by atoms with Gasteiger partial charge >= 0.3 is 29.6 Å². The van der Waals surface area contributed by atoms with E-state index in [2.05, 4.69) is 0 Å². The summed E-state index contributed by atoms with van der Waals surface area (Å²) >= 11 is -0.253. The zero-order valence-electron chi connectivity index (χ0n) is 8.14. The minimum Gasteiger partial charge on any atom is -0.772 e. The predicted octanol–water partition coefficient (Wildman–Crippen LogP) is -1.20. The summed E-state index contributed by atoms with van der Waals surface area (Å²) in [7, 11) is 0. The van der Waals surface area contributed by atoms with Crippen molar-refractivity contribution < 1.29 is 38.3 Å². The first-order chi connectivity index (χ1) is 6.29. The minimum atomic E-state index is -1.89. The number of thioether (sulfide) groups is 1. The van der Waals surface area contributed by atoms with E-state index in [0.717, 1.165) is 5.75 Å². The van der Waals surface area contributed by atoms with Gasteiger partial charge < -0.3 is 4.55 Å². The molecule has 72 valence electrons. The Morgan fingerprint density at radius 2 is 1.93 bits per heavy atom. The fraction of sp³-hybridized carbons (Fsp3) is 0.333. The van der Waals surface area contributed by atoms with Crippen molar-refractivity contribution in [1.82, 2.24) is 0 Å². The maximum Gasteiger partial charge on any atom is 1.00 e. The van der Waals surface area contributed by atoms with E-state index in [9.17, 15) is 8.76 Å². The summed E-state index contributed by atoms with van der Waals surface area (Å²) in [5.41, 5.74) is 1.24. The summed E-state index contributed by atoms with van der Waals surface area (Å²) in [5, 5.41) is 0. The molecule has 0 bridgehead atoms. The summed E-state index contributed by atoms with van der Waals surface area (Å²) in [6, 6.07) is 10.0. The molecule has 0 aliphatic carbocycles. The Balaban J connectivity index is 0.00000169. The number of rotatable bonds is 5. The molecule has 0 amide bonds. The van der Waals surface area contributed by atoms with Crippen LogP contribution in [0.15, 0.2) is 30.3 Å². The molecule has 1 unspecified atom stereocenters. The smallest absolute Gasteiger partial charge is 0.772 e. The van der Waals surface area contributed by atoms with E-state index >= 15 is 0 Å². The fourth-order valence-corrected chi connectivity index (χ4v) is 2.48. The van der Waals surface area contributed by atoms with E-state index < -0.39 is 11.1 Å². The van der Waals surface area contributed by atoms with Gasteiger partial charge in [0.25, 0.3) is 0 Å². The molecular weight excluding hydrogens is 227 g/mol. The van der Waals surface area contributed by atoms with Gasteiger partial charge in [0.1, 0.15) is 0 Å². The van der Waals surface area contributed by atoms with Gasteiger partial charge in [0, 0.05) is 17.3 Å². The van der Waals surface area contributed by atoms with Crippen molar-refractivity contribution in [3.8, 4) is 0 Å². The molecule has 5 heteroatoms. The quantitative estimate of drug-likeness (QED) is 0.368. The number of benzene rings is 1. The molecule has 0 aliphatic heterocycles. The largest absolute Gasteiger partial charge is 1.00 e. The Kier molecular flexibility index (Phi) is 9.38. The minimum absolute atomic E-state index is 0. The second-order valence-electron chi connectivity index (χ2n) is 2.55. The van der Waals surface area contributed by atoms with Crippen LogP contribution < -0.4 is 29.6 Å². The first kappa shape index (κ1) is 14.7. The van der Waals surface area contributed by atoms with E-state index in [4.69, 9.17) is 0 Å². The van der Waals surface area contributed by atoms with Crippen LogP contribution >= 0.6 is 11.8 Å². The fourth-order valence-electron chi connectivity index (χ4n) is 0.891. The second kappa shape index (κ2) is 8.95. The molecule has 0 spiro atoms. The molecular formula is C9H11NaO2S2. The average Bonchev–Trinajstić information content (AvgIpc) is 2.14. The third kappa shape index (κ3) is 7.04. The first-order valence-corrected chi connectivity index (χ1v) is 6.36. The van der Waals surface area contributed by atoms with E-state index in [-0.39, 0.29) is 35.3 Å². The topological polar surface area (TPSA) is 40.1 Å². The third-order valence-corrected chi connectivity index (χ3v) is 3.33. The molecule has 2 nitrogen and oxygen atoms in total. The molecule has 1 aromatic carbocycles. The summed E-state index contributed by atoms with van der Waals surface area (Å²) in [6.45, 7) is 0. The van der Waals surface area contributed by atoms with Crippen molar-refractivity contribution in [2.24, 2.45) is 0 Å². The molecule has 0 aromatic heterocycles. The van der Waals surface area contributed by atoms with Crippen molar-refractivity contribution in [3.63, 3.8) is 0 Å². The van der Waals surface area contributed by atoms with Crippen LogP contribution in [-0.4, -0.2) is 20.3 Å². The standard InChI is InChI=1S/C9H12O2S2.Na/c10-13(11)7-6-12-8-9-4-2-1-3-5-9;/h1-5H,6-8H2,(H,10,11);/q;+1/p-1. The zero-order valence-corrected chi connectivity index (χ0v) is 11.8. The van der Waals surface area contributed by atoms with Crippen LogP contribution in [0.3, 0.4) is 0 Å². The molecule has 0 saturated heterocycles. The molecule has 0 N–H and O–H groups in total. The van der Waals surface area contributed by atoms with Crippen molar-refractivity contribution >= 4 is 22.8 Å². The van der Waals surface area contributed by atoms with Gasteiger partial charge in [0.05, 0.1) is 0 Å². The van der Waals surface area contributed by atoms with E-state index in [1.807, 2.05) is 30.3 Å². The Labute approximate surface area is 113 Å². The van der Waals surface area contributed by atoms with Gasteiger partial charge in [-0.05, 0) is 5.56 Å². The van der Waals surface area contributed by atoms with Gasteiger partial charge in [-0.3, -0.25) is 4.21 Å². The Bertz CT molecular complexity index is 267. The van der Waals surface area contributed by atoms with Gasteiger partial charge in [0.2, 0.25) is 0 Å². The summed E-state index contributed by atoms with van der Waals surface area (Å²) in [4.78, 5) is 0. The van der Waals surface area contributed by atoms with Crippen LogP contribution in [-0.2, 0) is 16.8 Å². The summed E-state index contributed by atoms with van der Waals surface area (Å²) < 4.78 is 20.4. The monoisotopic (exact) mass is 238 g/mol. The van der Waals surface area contributed by atoms with Crippen LogP contribution in [0.2, 0.25) is 0 Å². The molecule has 1 atom stereocenters. The molecule has 1 rings (SSSR count). The molecule has 14 heavy (non-hydrogen) atoms. The Morgan fingerprint density at radius 1 is 1.29 bits per heavy atom. The van der Waals surface area contributed by atoms with Crippen molar-refractivity contribution in [2.75, 3.05) is 11.5 Å². The molecule has 0 heterocycles. The third-order valence-electron chi connectivity index (χ3n) is 1.51. The van der Waals surface area contributed by atoms with Crippen LogP contribution in [0.4, 0.5) is 0 Å². The first-order valence-electron chi connectivity index (χ1n) is 3.96. The molecule has 0 fully saturated rings. The average molecular weight is 238 g/mol. The molecule has 0 radical (unpaired) electrons. The SMILES string of the molecule is O=S([O-])CCSCc1ccccc1.[Na+]. The summed E-state index contributed by atoms with van der Waals surface area (Å²) in [6.07, 6.45) is 0. The van der Waals surface area contributed by atoms with Crippen molar-refractivity contribution in [1.29, 1.82) is 0 Å². The maximum absolute atomic E-state index is 10.2. The Hall–Kier alpha value is 0.680. The van der Waals surface area contributed by atoms with Crippen LogP contribution in [0, 0.1) is 0 Å². The number of hydrogen-bond acceptors (Lipinski definition) is 3. The van der Waals surface area contributed by atoms with Crippen molar-refractivity contribution in [2.45, 2.75) is 5.75 Å². The van der Waals surface area contributed by atoms with E-state index in [1.165, 1.54) is 5.56 Å². The van der Waals surface area contributed by atoms with E-state index in [0.29, 0.717) is 5.75 Å². The summed E-state index contributed by atoms with van der Waals surface area (Å²) in [5.74, 6) is 1.81. The van der Waals surface area contributed by atoms with Crippen LogP contribution in [0.1, 0.15) is 5.56 Å². The zero-order chi connectivity index (χ0) is 9.52. The van der Waals surface area contributed by atoms with Gasteiger partial charge in [0.15, 0.2) is 0 Å². The molecule has 1 aromatic rings. The van der Waals surface area contributed by atoms with Crippen LogP contribution in [0.25, 0.3) is 0 Å². The maximum atomic E-state index is 10.2. The normalized spacial score (nSPS) is 11.8. The predicted molar refractivity (Wildman–Crippen MR) is 56.4 cm³/mol. The van der Waals surface area contributed by atoms with Crippen molar-refractivity contribution in [3.05, 3.63) is 35.9 Å². The van der Waals surface area contributed by atoms with Gasteiger partial charge in [-0.1, -0.05) is 41.4 Å². The second-order valence-corrected chi connectivity index (χ2v) is 4.67. The van der Waals surface area contributed by atoms with Gasteiger partial charge in [-0.15, -0.1) is 0 Å². The van der Waals surface area contributed by atoms with Gasteiger partial charge in [-0.25, -0.2) is 0 Å². The number of hydrogen-bond donors (Lipinski definition) is 0. The molecule has 0 aliphatic rings. The Morgan fingerprint density at radius 3 is 2.50 bits per heavy atom.